The van der Waals surface area contributed by atoms with Crippen molar-refractivity contribution in [2.45, 2.75) is 6.92 Å². The van der Waals surface area contributed by atoms with Crippen LogP contribution in [0.2, 0.25) is 0 Å². The van der Waals surface area contributed by atoms with Gasteiger partial charge in [0.2, 0.25) is 5.43 Å². The minimum atomic E-state index is -0.0371. The average Bonchev–Trinajstić information content (AvgIpc) is 2.26. The van der Waals surface area contributed by atoms with E-state index < -0.39 is 0 Å². The second-order valence-corrected chi connectivity index (χ2v) is 3.90. The highest BCUT2D eigenvalue weighted by atomic mass is 79.9. The number of benzene rings is 1. The molecule has 0 unspecified atom stereocenters. The predicted molar refractivity (Wildman–Crippen MR) is 64.9 cm³/mol. The molecule has 0 saturated carbocycles. The van der Waals surface area contributed by atoms with Crippen LogP contribution in [0.1, 0.15) is 12.7 Å². The number of rotatable bonds is 1. The van der Waals surface area contributed by atoms with Crippen LogP contribution in [0.15, 0.2) is 44.0 Å². The van der Waals surface area contributed by atoms with E-state index in [1.807, 2.05) is 25.1 Å². The van der Waals surface area contributed by atoms with Gasteiger partial charge in [0.1, 0.15) is 15.8 Å². The summed E-state index contributed by atoms with van der Waals surface area (Å²) in [5.74, 6) is 0.557. The van der Waals surface area contributed by atoms with Crippen LogP contribution in [0.3, 0.4) is 0 Å². The SMILES string of the molecule is C/C=C/c1oc2ccccc2c(=O)c1Br. The minimum absolute atomic E-state index is 0.0371. The van der Waals surface area contributed by atoms with Crippen LogP contribution < -0.4 is 5.43 Å². The lowest BCUT2D eigenvalue weighted by molar-refractivity contribution is 0.586. The highest BCUT2D eigenvalue weighted by molar-refractivity contribution is 9.10. The summed E-state index contributed by atoms with van der Waals surface area (Å²) in [6, 6.07) is 7.21. The van der Waals surface area contributed by atoms with E-state index in [1.54, 1.807) is 18.2 Å². The number of hydrogen-bond donors (Lipinski definition) is 0. The van der Waals surface area contributed by atoms with Crippen LogP contribution in [-0.4, -0.2) is 0 Å². The summed E-state index contributed by atoms with van der Waals surface area (Å²) in [6.45, 7) is 1.88. The number of halogens is 1. The molecule has 76 valence electrons. The maximum Gasteiger partial charge on any atom is 0.207 e. The molecule has 1 heterocycles. The van der Waals surface area contributed by atoms with E-state index in [0.29, 0.717) is 21.2 Å². The molecule has 2 rings (SSSR count). The van der Waals surface area contributed by atoms with Crippen molar-refractivity contribution in [2.24, 2.45) is 0 Å². The summed E-state index contributed by atoms with van der Waals surface area (Å²) in [7, 11) is 0. The highest BCUT2D eigenvalue weighted by Crippen LogP contribution is 2.20. The lowest BCUT2D eigenvalue weighted by Crippen LogP contribution is -2.03. The molecule has 0 fully saturated rings. The summed E-state index contributed by atoms with van der Waals surface area (Å²) in [4.78, 5) is 11.9. The Balaban J connectivity index is 2.88. The zero-order valence-electron chi connectivity index (χ0n) is 8.16. The van der Waals surface area contributed by atoms with Crippen LogP contribution in [0.5, 0.6) is 0 Å². The van der Waals surface area contributed by atoms with Gasteiger partial charge in [-0.1, -0.05) is 18.2 Å². The van der Waals surface area contributed by atoms with E-state index in [2.05, 4.69) is 15.9 Å². The summed E-state index contributed by atoms with van der Waals surface area (Å²) >= 11 is 3.24. The van der Waals surface area contributed by atoms with Crippen molar-refractivity contribution >= 4 is 33.0 Å². The molecule has 3 heteroatoms. The van der Waals surface area contributed by atoms with Crippen LogP contribution in [0, 0.1) is 0 Å². The molecule has 0 aliphatic heterocycles. The highest BCUT2D eigenvalue weighted by Gasteiger charge is 2.08. The van der Waals surface area contributed by atoms with E-state index in [-0.39, 0.29) is 5.43 Å². The minimum Gasteiger partial charge on any atom is -0.455 e. The van der Waals surface area contributed by atoms with Crippen LogP contribution in [0.25, 0.3) is 17.0 Å². The molecule has 0 radical (unpaired) electrons. The maximum atomic E-state index is 11.9. The molecule has 2 nitrogen and oxygen atoms in total. The van der Waals surface area contributed by atoms with Crippen LogP contribution >= 0.6 is 15.9 Å². The largest absolute Gasteiger partial charge is 0.455 e. The summed E-state index contributed by atoms with van der Waals surface area (Å²) in [6.07, 6.45) is 3.59. The van der Waals surface area contributed by atoms with Crippen molar-refractivity contribution in [1.82, 2.24) is 0 Å². The van der Waals surface area contributed by atoms with Crippen molar-refractivity contribution in [1.29, 1.82) is 0 Å². The van der Waals surface area contributed by atoms with Crippen molar-refractivity contribution in [2.75, 3.05) is 0 Å². The van der Waals surface area contributed by atoms with Gasteiger partial charge in [0.15, 0.2) is 0 Å². The van der Waals surface area contributed by atoms with Gasteiger partial charge in [0, 0.05) is 0 Å². The molecule has 0 aliphatic rings. The van der Waals surface area contributed by atoms with Crippen molar-refractivity contribution in [3.05, 3.63) is 50.8 Å². The molecule has 1 aromatic carbocycles. The number of allylic oxidation sites excluding steroid dienone is 1. The molecule has 0 aliphatic carbocycles. The van der Waals surface area contributed by atoms with E-state index >= 15 is 0 Å². The molecule has 0 saturated heterocycles. The fourth-order valence-corrected chi connectivity index (χ4v) is 1.82. The first-order valence-electron chi connectivity index (χ1n) is 4.58. The zero-order valence-corrected chi connectivity index (χ0v) is 9.74. The van der Waals surface area contributed by atoms with E-state index in [1.165, 1.54) is 0 Å². The molecular formula is C12H9BrO2. The number of para-hydroxylation sites is 1. The Labute approximate surface area is 95.4 Å². The first-order chi connectivity index (χ1) is 7.24. The third-order valence-electron chi connectivity index (χ3n) is 2.09. The van der Waals surface area contributed by atoms with Gasteiger partial charge in [-0.25, -0.2) is 0 Å². The van der Waals surface area contributed by atoms with E-state index in [9.17, 15) is 4.79 Å². The Bertz CT molecular complexity index is 582. The molecule has 0 amide bonds. The van der Waals surface area contributed by atoms with Gasteiger partial charge in [-0.05, 0) is 41.1 Å². The van der Waals surface area contributed by atoms with Gasteiger partial charge in [0.25, 0.3) is 0 Å². The Morgan fingerprint density at radius 3 is 2.80 bits per heavy atom. The molecule has 0 spiro atoms. The third kappa shape index (κ3) is 1.75. The summed E-state index contributed by atoms with van der Waals surface area (Å²) < 4.78 is 6.05. The van der Waals surface area contributed by atoms with Crippen molar-refractivity contribution in [3.8, 4) is 0 Å². The number of hydrogen-bond acceptors (Lipinski definition) is 2. The lowest BCUT2D eigenvalue weighted by Gasteiger charge is -2.00. The molecular weight excluding hydrogens is 256 g/mol. The Morgan fingerprint density at radius 1 is 1.33 bits per heavy atom. The Kier molecular flexibility index (Phi) is 2.73. The van der Waals surface area contributed by atoms with Gasteiger partial charge < -0.3 is 4.42 Å². The Hall–Kier alpha value is -1.35. The topological polar surface area (TPSA) is 30.2 Å². The lowest BCUT2D eigenvalue weighted by atomic mass is 10.2. The van der Waals surface area contributed by atoms with Crippen molar-refractivity contribution < 1.29 is 4.42 Å². The summed E-state index contributed by atoms with van der Waals surface area (Å²) in [5.41, 5.74) is 0.573. The van der Waals surface area contributed by atoms with E-state index in [0.717, 1.165) is 0 Å². The van der Waals surface area contributed by atoms with Crippen LogP contribution in [-0.2, 0) is 0 Å². The fraction of sp³-hybridized carbons (Fsp3) is 0.0833. The molecule has 0 N–H and O–H groups in total. The second kappa shape index (κ2) is 4.03. The maximum absolute atomic E-state index is 11.9. The first kappa shape index (κ1) is 10.2. The molecule has 0 bridgehead atoms. The molecule has 1 aromatic heterocycles. The third-order valence-corrected chi connectivity index (χ3v) is 2.84. The molecule has 2 aromatic rings. The van der Waals surface area contributed by atoms with E-state index in [4.69, 9.17) is 4.42 Å². The van der Waals surface area contributed by atoms with Gasteiger partial charge in [-0.2, -0.15) is 0 Å². The van der Waals surface area contributed by atoms with Crippen LogP contribution in [0.4, 0.5) is 0 Å². The monoisotopic (exact) mass is 264 g/mol. The average molecular weight is 265 g/mol. The smallest absolute Gasteiger partial charge is 0.207 e. The Morgan fingerprint density at radius 2 is 2.07 bits per heavy atom. The summed E-state index contributed by atoms with van der Waals surface area (Å²) in [5, 5.41) is 0.595. The zero-order chi connectivity index (χ0) is 10.8. The second-order valence-electron chi connectivity index (χ2n) is 3.11. The van der Waals surface area contributed by atoms with Gasteiger partial charge >= 0.3 is 0 Å². The number of fused-ring (bicyclic) bond motifs is 1. The van der Waals surface area contributed by atoms with Gasteiger partial charge in [-0.15, -0.1) is 0 Å². The van der Waals surface area contributed by atoms with Gasteiger partial charge in [-0.3, -0.25) is 4.79 Å². The first-order valence-corrected chi connectivity index (χ1v) is 5.37. The quantitative estimate of drug-likeness (QED) is 0.788. The predicted octanol–water partition coefficient (Wildman–Crippen LogP) is 3.59. The fourth-order valence-electron chi connectivity index (χ4n) is 1.40. The molecule has 15 heavy (non-hydrogen) atoms. The standard InChI is InChI=1S/C12H9BrO2/c1-2-5-10-11(13)12(14)8-6-3-4-7-9(8)15-10/h2-7H,1H3/b5-2+. The van der Waals surface area contributed by atoms with Crippen molar-refractivity contribution in [3.63, 3.8) is 0 Å². The van der Waals surface area contributed by atoms with Gasteiger partial charge in [0.05, 0.1) is 5.39 Å². The normalized spacial score (nSPS) is 11.3. The molecule has 0 atom stereocenters.